The first-order valence-corrected chi connectivity index (χ1v) is 9.07. The van der Waals surface area contributed by atoms with E-state index in [0.717, 1.165) is 36.1 Å². The van der Waals surface area contributed by atoms with E-state index in [1.165, 1.54) is 4.31 Å². The van der Waals surface area contributed by atoms with Crippen LogP contribution in [0.2, 0.25) is 0 Å². The Morgan fingerprint density at radius 1 is 1.38 bits per heavy atom. The molecule has 0 N–H and O–H groups in total. The summed E-state index contributed by atoms with van der Waals surface area (Å²) in [6, 6.07) is 3.61. The van der Waals surface area contributed by atoms with Gasteiger partial charge in [0.05, 0.1) is 11.0 Å². The highest BCUT2D eigenvalue weighted by atomic mass is 35.5. The first-order chi connectivity index (χ1) is 9.86. The van der Waals surface area contributed by atoms with Gasteiger partial charge in [-0.05, 0) is 49.4 Å². The Morgan fingerprint density at radius 2 is 2.10 bits per heavy atom. The number of likely N-dealkylation sites (N-methyl/N-ethyl adjacent to an activating group) is 1. The molecule has 0 aromatic heterocycles. The SMILES string of the molecule is Cc1cc(CCl)cc(S(=O)(=O)N(C)CC2CCCO2)c1C. The lowest BCUT2D eigenvalue weighted by molar-refractivity contribution is 0.0979. The summed E-state index contributed by atoms with van der Waals surface area (Å²) < 4.78 is 32.5. The molecule has 1 saturated heterocycles. The summed E-state index contributed by atoms with van der Waals surface area (Å²) in [4.78, 5) is 0.346. The second-order valence-corrected chi connectivity index (χ2v) is 7.87. The molecule has 0 radical (unpaired) electrons. The summed E-state index contributed by atoms with van der Waals surface area (Å²) in [5.74, 6) is 0.305. The third kappa shape index (κ3) is 3.59. The molecule has 0 bridgehead atoms. The lowest BCUT2D eigenvalue weighted by Crippen LogP contribution is -2.34. The van der Waals surface area contributed by atoms with Gasteiger partial charge in [-0.2, -0.15) is 4.31 Å². The van der Waals surface area contributed by atoms with Gasteiger partial charge >= 0.3 is 0 Å². The van der Waals surface area contributed by atoms with Crippen LogP contribution in [-0.4, -0.2) is 39.0 Å². The summed E-state index contributed by atoms with van der Waals surface area (Å²) in [6.45, 7) is 4.86. The van der Waals surface area contributed by atoms with Crippen molar-refractivity contribution in [3.8, 4) is 0 Å². The van der Waals surface area contributed by atoms with Crippen molar-refractivity contribution in [3.05, 3.63) is 28.8 Å². The molecule has 1 unspecified atom stereocenters. The first kappa shape index (κ1) is 16.7. The van der Waals surface area contributed by atoms with Crippen LogP contribution in [0.3, 0.4) is 0 Å². The molecule has 2 rings (SSSR count). The van der Waals surface area contributed by atoms with E-state index in [1.807, 2.05) is 19.9 Å². The maximum Gasteiger partial charge on any atom is 0.243 e. The Hall–Kier alpha value is -0.620. The Labute approximate surface area is 132 Å². The van der Waals surface area contributed by atoms with Crippen molar-refractivity contribution in [3.63, 3.8) is 0 Å². The van der Waals surface area contributed by atoms with Crippen LogP contribution in [0.5, 0.6) is 0 Å². The monoisotopic (exact) mass is 331 g/mol. The second kappa shape index (κ2) is 6.65. The van der Waals surface area contributed by atoms with Crippen molar-refractivity contribution in [1.29, 1.82) is 0 Å². The fourth-order valence-electron chi connectivity index (χ4n) is 2.59. The van der Waals surface area contributed by atoms with E-state index in [-0.39, 0.29) is 6.10 Å². The fourth-order valence-corrected chi connectivity index (χ4v) is 4.29. The molecule has 1 heterocycles. The summed E-state index contributed by atoms with van der Waals surface area (Å²) in [7, 11) is -1.91. The molecule has 0 saturated carbocycles. The summed E-state index contributed by atoms with van der Waals surface area (Å²) in [5.41, 5.74) is 2.55. The highest BCUT2D eigenvalue weighted by Crippen LogP contribution is 2.25. The van der Waals surface area contributed by atoms with Gasteiger partial charge in [-0.1, -0.05) is 6.07 Å². The van der Waals surface area contributed by atoms with Crippen LogP contribution in [0.25, 0.3) is 0 Å². The summed E-state index contributed by atoms with van der Waals surface area (Å²) in [5, 5.41) is 0. The highest BCUT2D eigenvalue weighted by Gasteiger charge is 2.27. The molecule has 0 spiro atoms. The summed E-state index contributed by atoms with van der Waals surface area (Å²) >= 11 is 5.86. The second-order valence-electron chi connectivity index (χ2n) is 5.59. The number of halogens is 1. The van der Waals surface area contributed by atoms with Crippen molar-refractivity contribution >= 4 is 21.6 Å². The molecular weight excluding hydrogens is 310 g/mol. The van der Waals surface area contributed by atoms with Gasteiger partial charge < -0.3 is 4.74 Å². The molecule has 0 aliphatic carbocycles. The number of hydrogen-bond acceptors (Lipinski definition) is 3. The number of hydrogen-bond donors (Lipinski definition) is 0. The van der Waals surface area contributed by atoms with Crippen LogP contribution in [0.15, 0.2) is 17.0 Å². The van der Waals surface area contributed by atoms with Gasteiger partial charge in [-0.25, -0.2) is 8.42 Å². The van der Waals surface area contributed by atoms with Gasteiger partial charge in [0.2, 0.25) is 10.0 Å². The molecule has 1 aromatic carbocycles. The van der Waals surface area contributed by atoms with Gasteiger partial charge in [0.1, 0.15) is 0 Å². The molecule has 118 valence electrons. The number of benzene rings is 1. The average molecular weight is 332 g/mol. The predicted molar refractivity (Wildman–Crippen MR) is 84.3 cm³/mol. The largest absolute Gasteiger partial charge is 0.377 e. The molecular formula is C15H22ClNO3S. The third-order valence-corrected chi connectivity index (χ3v) is 6.26. The maximum atomic E-state index is 12.8. The van der Waals surface area contributed by atoms with Crippen molar-refractivity contribution in [2.75, 3.05) is 20.2 Å². The van der Waals surface area contributed by atoms with Crippen LogP contribution >= 0.6 is 11.6 Å². The summed E-state index contributed by atoms with van der Waals surface area (Å²) in [6.07, 6.45) is 1.92. The van der Waals surface area contributed by atoms with Crippen LogP contribution in [0.4, 0.5) is 0 Å². The molecule has 4 nitrogen and oxygen atoms in total. The lowest BCUT2D eigenvalue weighted by Gasteiger charge is -2.22. The Morgan fingerprint density at radius 3 is 2.67 bits per heavy atom. The molecule has 1 aliphatic rings. The van der Waals surface area contributed by atoms with E-state index in [1.54, 1.807) is 13.1 Å². The smallest absolute Gasteiger partial charge is 0.243 e. The molecule has 1 aromatic rings. The minimum Gasteiger partial charge on any atom is -0.377 e. The van der Waals surface area contributed by atoms with E-state index < -0.39 is 10.0 Å². The number of nitrogens with zero attached hydrogens (tertiary/aromatic N) is 1. The molecule has 6 heteroatoms. The van der Waals surface area contributed by atoms with Crippen LogP contribution in [0.1, 0.15) is 29.5 Å². The van der Waals surface area contributed by atoms with E-state index in [2.05, 4.69) is 0 Å². The van der Waals surface area contributed by atoms with Crippen LogP contribution in [-0.2, 0) is 20.6 Å². The topological polar surface area (TPSA) is 46.6 Å². The lowest BCUT2D eigenvalue weighted by atomic mass is 10.1. The minimum atomic E-state index is -3.52. The Bertz CT molecular complexity index is 610. The van der Waals surface area contributed by atoms with Crippen molar-refractivity contribution in [2.24, 2.45) is 0 Å². The van der Waals surface area contributed by atoms with Crippen molar-refractivity contribution in [1.82, 2.24) is 4.31 Å². The molecule has 21 heavy (non-hydrogen) atoms. The first-order valence-electron chi connectivity index (χ1n) is 7.10. The van der Waals surface area contributed by atoms with Gasteiger partial charge in [-0.3, -0.25) is 0 Å². The van der Waals surface area contributed by atoms with E-state index in [4.69, 9.17) is 16.3 Å². The molecule has 1 atom stereocenters. The van der Waals surface area contributed by atoms with E-state index in [9.17, 15) is 8.42 Å². The normalized spacial score (nSPS) is 19.4. The van der Waals surface area contributed by atoms with Crippen molar-refractivity contribution < 1.29 is 13.2 Å². The number of rotatable bonds is 5. The number of sulfonamides is 1. The highest BCUT2D eigenvalue weighted by molar-refractivity contribution is 7.89. The van der Waals surface area contributed by atoms with Crippen molar-refractivity contribution in [2.45, 2.75) is 43.6 Å². The Kier molecular flexibility index (Phi) is 5.30. The average Bonchev–Trinajstić information content (AvgIpc) is 2.94. The third-order valence-electron chi connectivity index (χ3n) is 4.01. The molecule has 0 amide bonds. The standard InChI is InChI=1S/C15H22ClNO3S/c1-11-7-13(9-16)8-15(12(11)2)21(18,19)17(3)10-14-5-4-6-20-14/h7-8,14H,4-6,9-10H2,1-3H3. The number of ether oxygens (including phenoxy) is 1. The van der Waals surface area contributed by atoms with Crippen LogP contribution in [0, 0.1) is 13.8 Å². The van der Waals surface area contributed by atoms with Gasteiger partial charge in [0.15, 0.2) is 0 Å². The van der Waals surface area contributed by atoms with E-state index in [0.29, 0.717) is 17.3 Å². The zero-order valence-electron chi connectivity index (χ0n) is 12.7. The van der Waals surface area contributed by atoms with Gasteiger partial charge in [0, 0.05) is 26.1 Å². The number of aryl methyl sites for hydroxylation is 1. The Balaban J connectivity index is 2.31. The molecule has 1 fully saturated rings. The number of alkyl halides is 1. The van der Waals surface area contributed by atoms with Crippen LogP contribution < -0.4 is 0 Å². The zero-order valence-corrected chi connectivity index (χ0v) is 14.3. The zero-order chi connectivity index (χ0) is 15.6. The van der Waals surface area contributed by atoms with E-state index >= 15 is 0 Å². The minimum absolute atomic E-state index is 0.00221. The maximum absolute atomic E-state index is 12.8. The quantitative estimate of drug-likeness (QED) is 0.779. The fraction of sp³-hybridized carbons (Fsp3) is 0.600. The molecule has 1 aliphatic heterocycles. The predicted octanol–water partition coefficient (Wildman–Crippen LogP) is 2.84. The van der Waals surface area contributed by atoms with Gasteiger partial charge in [0.25, 0.3) is 0 Å². The van der Waals surface area contributed by atoms with Gasteiger partial charge in [-0.15, -0.1) is 11.6 Å².